The van der Waals surface area contributed by atoms with E-state index in [4.69, 9.17) is 4.52 Å². The Morgan fingerprint density at radius 1 is 1.70 bits per heavy atom. The molecule has 1 aromatic heterocycles. The molecule has 0 aliphatic carbocycles. The number of hydrogen-bond donors (Lipinski definition) is 0. The molecule has 3 nitrogen and oxygen atoms in total. The first kappa shape index (κ1) is 6.74. The van der Waals surface area contributed by atoms with Crippen molar-refractivity contribution in [3.63, 3.8) is 0 Å². The van der Waals surface area contributed by atoms with E-state index >= 15 is 0 Å². The van der Waals surface area contributed by atoms with Crippen molar-refractivity contribution in [1.29, 1.82) is 0 Å². The van der Waals surface area contributed by atoms with Gasteiger partial charge in [0.1, 0.15) is 0 Å². The smallest absolute Gasteiger partial charge is 0.223 e. The average molecular weight is 136 g/mol. The predicted molar refractivity (Wildman–Crippen MR) is 38.3 cm³/mol. The van der Waals surface area contributed by atoms with E-state index in [1.807, 2.05) is 0 Å². The Kier molecular flexibility index (Phi) is 1.67. The van der Waals surface area contributed by atoms with E-state index in [1.165, 1.54) is 0 Å². The minimum Gasteiger partial charge on any atom is -0.339 e. The van der Waals surface area contributed by atoms with Gasteiger partial charge in [0.25, 0.3) is 0 Å². The van der Waals surface area contributed by atoms with Gasteiger partial charge in [-0.3, -0.25) is 0 Å². The van der Waals surface area contributed by atoms with Crippen LogP contribution >= 0.6 is 0 Å². The second-order valence-electron chi connectivity index (χ2n) is 1.87. The van der Waals surface area contributed by atoms with Crippen LogP contribution in [0.3, 0.4) is 0 Å². The van der Waals surface area contributed by atoms with Crippen LogP contribution in [0.4, 0.5) is 0 Å². The fraction of sp³-hybridized carbons (Fsp3) is 0.143. The van der Waals surface area contributed by atoms with Gasteiger partial charge in [-0.25, -0.2) is 0 Å². The summed E-state index contributed by atoms with van der Waals surface area (Å²) in [4.78, 5) is 3.93. The summed E-state index contributed by atoms with van der Waals surface area (Å²) in [6.07, 6.45) is 1.59. The molecule has 1 aromatic rings. The van der Waals surface area contributed by atoms with Crippen molar-refractivity contribution >= 4 is 5.57 Å². The summed E-state index contributed by atoms with van der Waals surface area (Å²) >= 11 is 0. The highest BCUT2D eigenvalue weighted by atomic mass is 16.5. The van der Waals surface area contributed by atoms with Gasteiger partial charge in [-0.2, -0.15) is 4.98 Å². The van der Waals surface area contributed by atoms with Gasteiger partial charge in [0.15, 0.2) is 0 Å². The summed E-state index contributed by atoms with van der Waals surface area (Å²) in [6, 6.07) is 0. The van der Waals surface area contributed by atoms with Gasteiger partial charge in [0, 0.05) is 12.5 Å². The molecule has 0 bridgehead atoms. The maximum Gasteiger partial charge on any atom is 0.223 e. The van der Waals surface area contributed by atoms with Crippen LogP contribution in [-0.2, 0) is 0 Å². The first-order chi connectivity index (χ1) is 4.74. The van der Waals surface area contributed by atoms with Crippen LogP contribution in [0.5, 0.6) is 0 Å². The van der Waals surface area contributed by atoms with Crippen LogP contribution in [0.15, 0.2) is 23.8 Å². The zero-order valence-electron chi connectivity index (χ0n) is 5.79. The SMILES string of the molecule is C=CC(=C)c1noc(C)n1. The van der Waals surface area contributed by atoms with Crippen LogP contribution in [0.1, 0.15) is 11.7 Å². The lowest BCUT2D eigenvalue weighted by Gasteiger charge is -1.84. The van der Waals surface area contributed by atoms with Crippen molar-refractivity contribution in [2.75, 3.05) is 0 Å². The number of aromatic nitrogens is 2. The standard InChI is InChI=1S/C7H8N2O/c1-4-5(2)7-8-6(3)10-9-7/h4H,1-2H2,3H3. The van der Waals surface area contributed by atoms with Gasteiger partial charge in [-0.15, -0.1) is 0 Å². The third kappa shape index (κ3) is 1.13. The number of hydrogen-bond acceptors (Lipinski definition) is 3. The summed E-state index contributed by atoms with van der Waals surface area (Å²) in [5, 5.41) is 3.63. The molecular weight excluding hydrogens is 128 g/mol. The van der Waals surface area contributed by atoms with Crippen LogP contribution < -0.4 is 0 Å². The van der Waals surface area contributed by atoms with Crippen LogP contribution in [0.25, 0.3) is 5.57 Å². The Morgan fingerprint density at radius 3 is 2.80 bits per heavy atom. The highest BCUT2D eigenvalue weighted by Crippen LogP contribution is 2.07. The van der Waals surface area contributed by atoms with Crippen molar-refractivity contribution in [3.8, 4) is 0 Å². The maximum absolute atomic E-state index is 4.72. The fourth-order valence-electron chi connectivity index (χ4n) is 0.521. The highest BCUT2D eigenvalue weighted by Gasteiger charge is 2.01. The molecule has 3 heteroatoms. The quantitative estimate of drug-likeness (QED) is 0.579. The van der Waals surface area contributed by atoms with E-state index < -0.39 is 0 Å². The summed E-state index contributed by atoms with van der Waals surface area (Å²) in [6.45, 7) is 8.91. The number of allylic oxidation sites excluding steroid dienone is 2. The van der Waals surface area contributed by atoms with E-state index in [1.54, 1.807) is 13.0 Å². The molecule has 0 radical (unpaired) electrons. The summed E-state index contributed by atoms with van der Waals surface area (Å²) in [5.74, 6) is 1.05. The third-order valence-electron chi connectivity index (χ3n) is 1.06. The van der Waals surface area contributed by atoms with E-state index in [2.05, 4.69) is 23.3 Å². The monoisotopic (exact) mass is 136 g/mol. The zero-order chi connectivity index (χ0) is 7.56. The van der Waals surface area contributed by atoms with Crippen LogP contribution in [-0.4, -0.2) is 10.1 Å². The molecule has 0 N–H and O–H groups in total. The second-order valence-corrected chi connectivity index (χ2v) is 1.87. The molecule has 0 amide bonds. The highest BCUT2D eigenvalue weighted by molar-refractivity contribution is 5.65. The van der Waals surface area contributed by atoms with Crippen molar-refractivity contribution in [1.82, 2.24) is 10.1 Å². The van der Waals surface area contributed by atoms with Gasteiger partial charge in [0.2, 0.25) is 11.7 Å². The van der Waals surface area contributed by atoms with Crippen molar-refractivity contribution in [2.45, 2.75) is 6.92 Å². The van der Waals surface area contributed by atoms with Gasteiger partial charge >= 0.3 is 0 Å². The number of aryl methyl sites for hydroxylation is 1. The summed E-state index contributed by atoms with van der Waals surface area (Å²) in [7, 11) is 0. The molecular formula is C7H8N2O. The molecule has 52 valence electrons. The predicted octanol–water partition coefficient (Wildman–Crippen LogP) is 1.58. The summed E-state index contributed by atoms with van der Waals surface area (Å²) < 4.78 is 4.72. The maximum atomic E-state index is 4.72. The lowest BCUT2D eigenvalue weighted by atomic mass is 10.3. The van der Waals surface area contributed by atoms with E-state index in [0.29, 0.717) is 17.3 Å². The molecule has 1 rings (SSSR count). The van der Waals surface area contributed by atoms with E-state index in [0.717, 1.165) is 0 Å². The fourth-order valence-corrected chi connectivity index (χ4v) is 0.521. The Hall–Kier alpha value is -1.38. The van der Waals surface area contributed by atoms with Crippen LogP contribution in [0, 0.1) is 6.92 Å². The minimum atomic E-state index is 0.507. The molecule has 0 unspecified atom stereocenters. The van der Waals surface area contributed by atoms with E-state index in [-0.39, 0.29) is 0 Å². The first-order valence-electron chi connectivity index (χ1n) is 2.86. The van der Waals surface area contributed by atoms with Gasteiger partial charge in [0.05, 0.1) is 0 Å². The Labute approximate surface area is 59.1 Å². The normalized spacial score (nSPS) is 9.30. The van der Waals surface area contributed by atoms with E-state index in [9.17, 15) is 0 Å². The Balaban J connectivity index is 2.95. The molecule has 0 atom stereocenters. The van der Waals surface area contributed by atoms with Crippen molar-refractivity contribution < 1.29 is 4.52 Å². The lowest BCUT2D eigenvalue weighted by molar-refractivity contribution is 0.391. The first-order valence-corrected chi connectivity index (χ1v) is 2.86. The molecule has 0 aliphatic rings. The molecule has 0 fully saturated rings. The zero-order valence-corrected chi connectivity index (χ0v) is 5.79. The molecule has 0 spiro atoms. The number of nitrogens with zero attached hydrogens (tertiary/aromatic N) is 2. The minimum absolute atomic E-state index is 0.507. The van der Waals surface area contributed by atoms with Crippen LogP contribution in [0.2, 0.25) is 0 Å². The summed E-state index contributed by atoms with van der Waals surface area (Å²) in [5.41, 5.74) is 0.678. The molecule has 1 heterocycles. The number of rotatable bonds is 2. The third-order valence-corrected chi connectivity index (χ3v) is 1.06. The Morgan fingerprint density at radius 2 is 2.40 bits per heavy atom. The largest absolute Gasteiger partial charge is 0.339 e. The molecule has 0 aliphatic heterocycles. The molecule has 0 aromatic carbocycles. The molecule has 10 heavy (non-hydrogen) atoms. The van der Waals surface area contributed by atoms with Crippen molar-refractivity contribution in [2.24, 2.45) is 0 Å². The molecule has 0 saturated carbocycles. The van der Waals surface area contributed by atoms with Gasteiger partial charge < -0.3 is 4.52 Å². The van der Waals surface area contributed by atoms with Crippen molar-refractivity contribution in [3.05, 3.63) is 30.9 Å². The lowest BCUT2D eigenvalue weighted by Crippen LogP contribution is -1.80. The average Bonchev–Trinajstić information content (AvgIpc) is 2.34. The second kappa shape index (κ2) is 2.47. The van der Waals surface area contributed by atoms with Gasteiger partial charge in [-0.1, -0.05) is 24.4 Å². The van der Waals surface area contributed by atoms with Gasteiger partial charge in [-0.05, 0) is 0 Å². The topological polar surface area (TPSA) is 38.9 Å². The molecule has 0 saturated heterocycles. The Bertz CT molecular complexity index is 262.